The van der Waals surface area contributed by atoms with Crippen molar-refractivity contribution >= 4 is 17.6 Å². The van der Waals surface area contributed by atoms with Gasteiger partial charge in [0.2, 0.25) is 5.88 Å². The van der Waals surface area contributed by atoms with Crippen LogP contribution >= 0.6 is 0 Å². The number of benzene rings is 1. The minimum absolute atomic E-state index is 0.00776. The summed E-state index contributed by atoms with van der Waals surface area (Å²) < 4.78 is 7.39. The van der Waals surface area contributed by atoms with E-state index in [9.17, 15) is 14.9 Å². The predicted molar refractivity (Wildman–Crippen MR) is 119 cm³/mol. The number of aryl methyl sites for hydroxylation is 3. The number of carbonyl (C=O) groups is 1. The lowest BCUT2D eigenvalue weighted by Crippen LogP contribution is -2.25. The molecule has 0 aliphatic carbocycles. The summed E-state index contributed by atoms with van der Waals surface area (Å²) >= 11 is 0. The molecule has 2 heterocycles. The lowest BCUT2D eigenvalue weighted by molar-refractivity contribution is -0.116. The molecule has 1 N–H and O–H groups in total. The van der Waals surface area contributed by atoms with Crippen LogP contribution in [-0.4, -0.2) is 21.8 Å². The van der Waals surface area contributed by atoms with E-state index in [1.54, 1.807) is 18.3 Å². The topological polar surface area (TPSA) is 96.5 Å². The molecule has 0 bridgehead atoms. The van der Waals surface area contributed by atoms with Gasteiger partial charge < -0.3 is 10.1 Å². The van der Waals surface area contributed by atoms with Crippen molar-refractivity contribution in [1.29, 1.82) is 5.26 Å². The summed E-state index contributed by atoms with van der Waals surface area (Å²) in [5, 5.41) is 12.0. The normalized spacial score (nSPS) is 11.1. The summed E-state index contributed by atoms with van der Waals surface area (Å²) in [4.78, 5) is 30.1. The van der Waals surface area contributed by atoms with E-state index in [0.717, 1.165) is 16.7 Å². The van der Waals surface area contributed by atoms with Crippen molar-refractivity contribution in [2.45, 2.75) is 20.8 Å². The molecule has 3 aromatic rings. The van der Waals surface area contributed by atoms with Gasteiger partial charge in [-0.15, -0.1) is 6.58 Å². The molecule has 31 heavy (non-hydrogen) atoms. The standard InChI is InChI=1S/C24H22N4O3/c1-5-10-26-22(29)18(14-25)13-19-23(31-20-9-8-15(2)12-17(20)4)27-21-16(3)7-6-11-28(21)24(19)30/h5-9,11-13H,1,10H2,2-4H3,(H,26,29)/b18-13+. The maximum atomic E-state index is 13.3. The van der Waals surface area contributed by atoms with Crippen LogP contribution in [0.4, 0.5) is 0 Å². The van der Waals surface area contributed by atoms with Gasteiger partial charge in [0.05, 0.1) is 0 Å². The van der Waals surface area contributed by atoms with Crippen LogP contribution in [0.5, 0.6) is 11.6 Å². The highest BCUT2D eigenvalue weighted by molar-refractivity contribution is 6.02. The summed E-state index contributed by atoms with van der Waals surface area (Å²) in [5.74, 6) is -0.0659. The largest absolute Gasteiger partial charge is 0.438 e. The van der Waals surface area contributed by atoms with E-state index in [1.165, 1.54) is 16.6 Å². The molecule has 0 fully saturated rings. The molecule has 0 saturated heterocycles. The third kappa shape index (κ3) is 4.54. The Bertz CT molecular complexity index is 1310. The van der Waals surface area contributed by atoms with Crippen molar-refractivity contribution < 1.29 is 9.53 Å². The van der Waals surface area contributed by atoms with Crippen LogP contribution in [0, 0.1) is 32.1 Å². The van der Waals surface area contributed by atoms with Gasteiger partial charge in [0.25, 0.3) is 11.5 Å². The fourth-order valence-electron chi connectivity index (χ4n) is 3.06. The number of rotatable bonds is 6. The summed E-state index contributed by atoms with van der Waals surface area (Å²) in [6, 6.07) is 11.0. The summed E-state index contributed by atoms with van der Waals surface area (Å²) in [6.07, 6.45) is 4.29. The summed E-state index contributed by atoms with van der Waals surface area (Å²) in [6.45, 7) is 9.42. The smallest absolute Gasteiger partial charge is 0.269 e. The Morgan fingerprint density at radius 3 is 2.74 bits per heavy atom. The average Bonchev–Trinajstić information content (AvgIpc) is 2.74. The molecule has 1 aromatic carbocycles. The van der Waals surface area contributed by atoms with Crippen LogP contribution in [0.25, 0.3) is 11.7 Å². The molecular formula is C24H22N4O3. The van der Waals surface area contributed by atoms with Crippen LogP contribution in [0.15, 0.2) is 59.6 Å². The number of ether oxygens (including phenoxy) is 1. The second kappa shape index (κ2) is 9.09. The predicted octanol–water partition coefficient (Wildman–Crippen LogP) is 3.62. The molecule has 0 unspecified atom stereocenters. The second-order valence-corrected chi connectivity index (χ2v) is 7.06. The van der Waals surface area contributed by atoms with Gasteiger partial charge in [-0.2, -0.15) is 10.2 Å². The van der Waals surface area contributed by atoms with Gasteiger partial charge in [-0.1, -0.05) is 29.8 Å². The van der Waals surface area contributed by atoms with Crippen molar-refractivity contribution in [3.05, 3.63) is 87.4 Å². The molecule has 0 atom stereocenters. The van der Waals surface area contributed by atoms with E-state index in [1.807, 2.05) is 45.0 Å². The molecule has 0 saturated carbocycles. The van der Waals surface area contributed by atoms with E-state index in [-0.39, 0.29) is 23.6 Å². The molecule has 0 spiro atoms. The zero-order valence-electron chi connectivity index (χ0n) is 17.6. The zero-order valence-corrected chi connectivity index (χ0v) is 17.6. The van der Waals surface area contributed by atoms with Gasteiger partial charge in [-0.25, -0.2) is 0 Å². The van der Waals surface area contributed by atoms with Gasteiger partial charge in [0.1, 0.15) is 28.6 Å². The number of pyridine rings is 1. The molecule has 3 rings (SSSR count). The summed E-state index contributed by atoms with van der Waals surface area (Å²) in [7, 11) is 0. The molecule has 7 nitrogen and oxygen atoms in total. The van der Waals surface area contributed by atoms with E-state index >= 15 is 0 Å². The number of aromatic nitrogens is 2. The maximum Gasteiger partial charge on any atom is 0.269 e. The Labute approximate surface area is 179 Å². The molecule has 0 aliphatic rings. The van der Waals surface area contributed by atoms with Gasteiger partial charge in [0, 0.05) is 12.7 Å². The third-order valence-electron chi connectivity index (χ3n) is 4.65. The second-order valence-electron chi connectivity index (χ2n) is 7.06. The van der Waals surface area contributed by atoms with Crippen molar-refractivity contribution in [1.82, 2.24) is 14.7 Å². The first-order valence-corrected chi connectivity index (χ1v) is 9.63. The highest BCUT2D eigenvalue weighted by atomic mass is 16.5. The first kappa shape index (κ1) is 21.5. The lowest BCUT2D eigenvalue weighted by Gasteiger charge is -2.13. The Morgan fingerprint density at radius 2 is 2.06 bits per heavy atom. The van der Waals surface area contributed by atoms with E-state index < -0.39 is 11.5 Å². The van der Waals surface area contributed by atoms with Crippen LogP contribution in [-0.2, 0) is 4.79 Å². The highest BCUT2D eigenvalue weighted by Crippen LogP contribution is 2.27. The number of fused-ring (bicyclic) bond motifs is 1. The minimum Gasteiger partial charge on any atom is -0.438 e. The Kier molecular flexibility index (Phi) is 6.32. The molecule has 1 amide bonds. The minimum atomic E-state index is -0.617. The van der Waals surface area contributed by atoms with Crippen molar-refractivity contribution in [3.63, 3.8) is 0 Å². The fraction of sp³-hybridized carbons (Fsp3) is 0.167. The third-order valence-corrected chi connectivity index (χ3v) is 4.65. The maximum absolute atomic E-state index is 13.3. The fourth-order valence-corrected chi connectivity index (χ4v) is 3.06. The first-order chi connectivity index (χ1) is 14.8. The molecule has 0 radical (unpaired) electrons. The van der Waals surface area contributed by atoms with Gasteiger partial charge in [-0.05, 0) is 50.1 Å². The summed E-state index contributed by atoms with van der Waals surface area (Å²) in [5.41, 5.74) is 2.47. The Morgan fingerprint density at radius 1 is 1.29 bits per heavy atom. The van der Waals surface area contributed by atoms with E-state index in [2.05, 4.69) is 16.9 Å². The van der Waals surface area contributed by atoms with Gasteiger partial charge >= 0.3 is 0 Å². The lowest BCUT2D eigenvalue weighted by atomic mass is 10.1. The van der Waals surface area contributed by atoms with Crippen LogP contribution in [0.2, 0.25) is 0 Å². The number of nitriles is 1. The van der Waals surface area contributed by atoms with Gasteiger partial charge in [0.15, 0.2) is 0 Å². The molecule has 156 valence electrons. The highest BCUT2D eigenvalue weighted by Gasteiger charge is 2.18. The number of hydrogen-bond acceptors (Lipinski definition) is 5. The Balaban J connectivity index is 2.24. The van der Waals surface area contributed by atoms with Gasteiger partial charge in [-0.3, -0.25) is 14.0 Å². The van der Waals surface area contributed by atoms with Crippen molar-refractivity contribution in [2.75, 3.05) is 6.54 Å². The number of amides is 1. The number of carbonyl (C=O) groups excluding carboxylic acids is 1. The Hall–Kier alpha value is -4.18. The average molecular weight is 414 g/mol. The van der Waals surface area contributed by atoms with Crippen LogP contribution in [0.1, 0.15) is 22.3 Å². The number of nitrogens with one attached hydrogen (secondary N) is 1. The SMILES string of the molecule is C=CCNC(=O)/C(C#N)=C/c1c(Oc2ccc(C)cc2C)nc2c(C)cccn2c1=O. The monoisotopic (exact) mass is 414 g/mol. The van der Waals surface area contributed by atoms with E-state index in [4.69, 9.17) is 4.74 Å². The molecule has 7 heteroatoms. The first-order valence-electron chi connectivity index (χ1n) is 9.63. The quantitative estimate of drug-likeness (QED) is 0.377. The molecule has 2 aromatic heterocycles. The number of hydrogen-bond donors (Lipinski definition) is 1. The zero-order chi connectivity index (χ0) is 22.5. The molecular weight excluding hydrogens is 392 g/mol. The molecule has 0 aliphatic heterocycles. The number of nitrogens with zero attached hydrogens (tertiary/aromatic N) is 3. The van der Waals surface area contributed by atoms with Crippen LogP contribution in [0.3, 0.4) is 0 Å². The van der Waals surface area contributed by atoms with E-state index in [0.29, 0.717) is 11.4 Å². The van der Waals surface area contributed by atoms with Crippen molar-refractivity contribution in [3.8, 4) is 17.7 Å². The van der Waals surface area contributed by atoms with Crippen LogP contribution < -0.4 is 15.6 Å². The van der Waals surface area contributed by atoms with Crippen molar-refractivity contribution in [2.24, 2.45) is 0 Å².